The molecular weight excluding hydrogens is 454 g/mol. The van der Waals surface area contributed by atoms with E-state index in [-0.39, 0.29) is 5.91 Å². The van der Waals surface area contributed by atoms with Gasteiger partial charge in [-0.15, -0.1) is 0 Å². The fourth-order valence-corrected chi connectivity index (χ4v) is 4.75. The van der Waals surface area contributed by atoms with Crippen LogP contribution in [0.1, 0.15) is 11.1 Å². The van der Waals surface area contributed by atoms with Crippen LogP contribution in [0.3, 0.4) is 0 Å². The molecule has 2 aromatic heterocycles. The van der Waals surface area contributed by atoms with E-state index >= 15 is 0 Å². The first-order valence-electron chi connectivity index (χ1n) is 11.3. The highest BCUT2D eigenvalue weighted by molar-refractivity contribution is 7.08. The number of amides is 1. The zero-order valence-electron chi connectivity index (χ0n) is 19.9. The van der Waals surface area contributed by atoms with Crippen molar-refractivity contribution in [1.29, 1.82) is 0 Å². The zero-order valence-corrected chi connectivity index (χ0v) is 20.7. The molecule has 182 valence electrons. The summed E-state index contributed by atoms with van der Waals surface area (Å²) in [6, 6.07) is 7.92. The van der Waals surface area contributed by atoms with Gasteiger partial charge in [0.1, 0.15) is 5.82 Å². The van der Waals surface area contributed by atoms with Crippen LogP contribution < -0.4 is 14.4 Å². The first-order valence-corrected chi connectivity index (χ1v) is 12.2. The van der Waals surface area contributed by atoms with Crippen molar-refractivity contribution >= 4 is 34.0 Å². The summed E-state index contributed by atoms with van der Waals surface area (Å²) >= 11 is 1.60. The summed E-state index contributed by atoms with van der Waals surface area (Å²) in [5.74, 6) is 2.21. The van der Waals surface area contributed by atoms with Crippen molar-refractivity contribution in [1.82, 2.24) is 9.88 Å². The highest BCUT2D eigenvalue weighted by Crippen LogP contribution is 2.34. The number of carbonyl (C=O) groups is 1. The summed E-state index contributed by atoms with van der Waals surface area (Å²) in [4.78, 5) is 22.3. The predicted octanol–water partition coefficient (Wildman–Crippen LogP) is 3.37. The van der Waals surface area contributed by atoms with Crippen LogP contribution in [0, 0.1) is 0 Å². The molecule has 9 heteroatoms. The average Bonchev–Trinajstić information content (AvgIpc) is 3.38. The molecule has 0 radical (unpaired) electrons. The number of methoxy groups -OCH3 is 3. The Morgan fingerprint density at radius 2 is 1.91 bits per heavy atom. The monoisotopic (exact) mass is 485 g/mol. The number of thiophene rings is 1. The van der Waals surface area contributed by atoms with Gasteiger partial charge in [0.25, 0.3) is 0 Å². The Morgan fingerprint density at radius 3 is 2.59 bits per heavy atom. The molecular formula is C25H31N3O5S. The van der Waals surface area contributed by atoms with Crippen LogP contribution in [0.2, 0.25) is 0 Å². The molecule has 3 heterocycles. The van der Waals surface area contributed by atoms with E-state index in [2.05, 4.69) is 11.0 Å². The SMILES string of the molecule is COCCN(Cc1cc2cc(OC)c(OC)cc2nc1N1CCOCC1)C(=O)Cc1ccsc1. The Hall–Kier alpha value is -2.88. The summed E-state index contributed by atoms with van der Waals surface area (Å²) < 4.78 is 21.9. The van der Waals surface area contributed by atoms with Crippen LogP contribution >= 0.6 is 11.3 Å². The Balaban J connectivity index is 1.72. The minimum absolute atomic E-state index is 0.0655. The van der Waals surface area contributed by atoms with Crippen LogP contribution in [-0.2, 0) is 27.2 Å². The molecule has 1 saturated heterocycles. The maximum atomic E-state index is 13.2. The third-order valence-electron chi connectivity index (χ3n) is 5.90. The lowest BCUT2D eigenvalue weighted by Gasteiger charge is -2.31. The lowest BCUT2D eigenvalue weighted by atomic mass is 10.1. The van der Waals surface area contributed by atoms with E-state index in [1.807, 2.05) is 33.9 Å². The third kappa shape index (κ3) is 5.60. The standard InChI is InChI=1S/C25H31N3O5S/c1-30-8-5-28(24(29)12-18-4-11-34-17-18)16-20-13-19-14-22(31-2)23(32-3)15-21(19)26-25(20)27-6-9-33-10-7-27/h4,11,13-15,17H,5-10,12,16H2,1-3H3. The molecule has 0 unspecified atom stereocenters. The average molecular weight is 486 g/mol. The van der Waals surface area contributed by atoms with Gasteiger partial charge in [0.05, 0.1) is 46.0 Å². The van der Waals surface area contributed by atoms with Gasteiger partial charge < -0.3 is 28.7 Å². The number of pyridine rings is 1. The molecule has 0 atom stereocenters. The molecule has 0 saturated carbocycles. The first kappa shape index (κ1) is 24.3. The topological polar surface area (TPSA) is 73.4 Å². The minimum Gasteiger partial charge on any atom is -0.493 e. The number of fused-ring (bicyclic) bond motifs is 1. The number of ether oxygens (including phenoxy) is 4. The minimum atomic E-state index is 0.0655. The highest BCUT2D eigenvalue weighted by atomic mass is 32.1. The molecule has 34 heavy (non-hydrogen) atoms. The van der Waals surface area contributed by atoms with E-state index in [0.717, 1.165) is 40.9 Å². The van der Waals surface area contributed by atoms with E-state index in [1.54, 1.807) is 32.7 Å². The van der Waals surface area contributed by atoms with Gasteiger partial charge >= 0.3 is 0 Å². The number of benzene rings is 1. The Labute approximate surface area is 204 Å². The highest BCUT2D eigenvalue weighted by Gasteiger charge is 2.22. The van der Waals surface area contributed by atoms with Gasteiger partial charge in [0.2, 0.25) is 5.91 Å². The summed E-state index contributed by atoms with van der Waals surface area (Å²) in [5.41, 5.74) is 2.83. The maximum absolute atomic E-state index is 13.2. The fraction of sp³-hybridized carbons (Fsp3) is 0.440. The van der Waals surface area contributed by atoms with E-state index in [9.17, 15) is 4.79 Å². The van der Waals surface area contributed by atoms with Crippen molar-refractivity contribution in [2.75, 3.05) is 65.7 Å². The molecule has 0 aliphatic carbocycles. The number of nitrogens with zero attached hydrogens (tertiary/aromatic N) is 3. The van der Waals surface area contributed by atoms with E-state index in [1.165, 1.54) is 0 Å². The second-order valence-electron chi connectivity index (χ2n) is 8.09. The third-order valence-corrected chi connectivity index (χ3v) is 6.63. The normalized spacial score (nSPS) is 13.8. The molecule has 3 aromatic rings. The summed E-state index contributed by atoms with van der Waals surface area (Å²) in [7, 11) is 4.89. The predicted molar refractivity (Wildman–Crippen MR) is 133 cm³/mol. The second-order valence-corrected chi connectivity index (χ2v) is 8.87. The number of rotatable bonds is 10. The Kier molecular flexibility index (Phi) is 8.21. The quantitative estimate of drug-likeness (QED) is 0.436. The van der Waals surface area contributed by atoms with Gasteiger partial charge in [-0.05, 0) is 34.5 Å². The van der Waals surface area contributed by atoms with Gasteiger partial charge in [-0.25, -0.2) is 4.98 Å². The van der Waals surface area contributed by atoms with Crippen molar-refractivity contribution in [3.63, 3.8) is 0 Å². The largest absolute Gasteiger partial charge is 0.493 e. The van der Waals surface area contributed by atoms with Gasteiger partial charge in [0.15, 0.2) is 11.5 Å². The lowest BCUT2D eigenvalue weighted by molar-refractivity contribution is -0.131. The molecule has 1 amide bonds. The molecule has 1 fully saturated rings. The molecule has 8 nitrogen and oxygen atoms in total. The van der Waals surface area contributed by atoms with Gasteiger partial charge in [-0.1, -0.05) is 0 Å². The summed E-state index contributed by atoms with van der Waals surface area (Å²) in [5, 5.41) is 4.94. The number of morpholine rings is 1. The van der Waals surface area contributed by atoms with Crippen molar-refractivity contribution in [2.24, 2.45) is 0 Å². The molecule has 1 aromatic carbocycles. The number of carbonyl (C=O) groups excluding carboxylic acids is 1. The van der Waals surface area contributed by atoms with E-state index in [4.69, 9.17) is 23.9 Å². The van der Waals surface area contributed by atoms with Crippen LogP contribution in [-0.4, -0.2) is 76.6 Å². The van der Waals surface area contributed by atoms with Gasteiger partial charge in [-0.3, -0.25) is 4.79 Å². The number of anilines is 1. The zero-order chi connectivity index (χ0) is 23.9. The summed E-state index contributed by atoms with van der Waals surface area (Å²) in [6.07, 6.45) is 0.367. The van der Waals surface area contributed by atoms with Crippen molar-refractivity contribution in [3.8, 4) is 11.5 Å². The lowest BCUT2D eigenvalue weighted by Crippen LogP contribution is -2.39. The molecule has 4 rings (SSSR count). The van der Waals surface area contributed by atoms with Crippen molar-refractivity contribution in [2.45, 2.75) is 13.0 Å². The molecule has 0 spiro atoms. The Morgan fingerprint density at radius 1 is 1.15 bits per heavy atom. The van der Waals surface area contributed by atoms with Crippen LogP contribution in [0.5, 0.6) is 11.5 Å². The second kappa shape index (κ2) is 11.5. The smallest absolute Gasteiger partial charge is 0.227 e. The van der Waals surface area contributed by atoms with Crippen LogP contribution in [0.15, 0.2) is 35.0 Å². The molecule has 0 N–H and O–H groups in total. The molecule has 1 aliphatic rings. The van der Waals surface area contributed by atoms with Crippen molar-refractivity contribution in [3.05, 3.63) is 46.2 Å². The molecule has 1 aliphatic heterocycles. The van der Waals surface area contributed by atoms with E-state index in [0.29, 0.717) is 50.8 Å². The number of hydrogen-bond acceptors (Lipinski definition) is 8. The fourth-order valence-electron chi connectivity index (χ4n) is 4.08. The summed E-state index contributed by atoms with van der Waals surface area (Å²) in [6.45, 7) is 4.21. The van der Waals surface area contributed by atoms with Gasteiger partial charge in [-0.2, -0.15) is 11.3 Å². The van der Waals surface area contributed by atoms with Crippen LogP contribution in [0.25, 0.3) is 10.9 Å². The number of hydrogen-bond donors (Lipinski definition) is 0. The Bertz CT molecular complexity index is 1100. The maximum Gasteiger partial charge on any atom is 0.227 e. The number of aromatic nitrogens is 1. The molecule has 0 bridgehead atoms. The van der Waals surface area contributed by atoms with Crippen molar-refractivity contribution < 1.29 is 23.7 Å². The van der Waals surface area contributed by atoms with Crippen LogP contribution in [0.4, 0.5) is 5.82 Å². The van der Waals surface area contributed by atoms with Gasteiger partial charge in [0, 0.05) is 50.3 Å². The van der Waals surface area contributed by atoms with E-state index < -0.39 is 0 Å². The first-order chi connectivity index (χ1) is 16.6.